The average molecular weight is 474 g/mol. The Hall–Kier alpha value is -3.91. The molecule has 35 heavy (non-hydrogen) atoms. The van der Waals surface area contributed by atoms with Gasteiger partial charge in [-0.1, -0.05) is 35.9 Å². The lowest BCUT2D eigenvalue weighted by molar-refractivity contribution is -0.123. The topological polar surface area (TPSA) is 92.1 Å². The van der Waals surface area contributed by atoms with E-state index < -0.39 is 11.8 Å². The van der Waals surface area contributed by atoms with E-state index >= 15 is 0 Å². The van der Waals surface area contributed by atoms with E-state index in [1.165, 1.54) is 6.26 Å². The molecule has 2 aliphatic heterocycles. The number of rotatable bonds is 4. The van der Waals surface area contributed by atoms with Crippen LogP contribution in [0.5, 0.6) is 0 Å². The van der Waals surface area contributed by atoms with E-state index in [0.29, 0.717) is 37.2 Å². The van der Waals surface area contributed by atoms with Crippen LogP contribution in [0.3, 0.4) is 0 Å². The van der Waals surface area contributed by atoms with Gasteiger partial charge < -0.3 is 19.4 Å². The zero-order valence-corrected chi connectivity index (χ0v) is 19.5. The lowest BCUT2D eigenvalue weighted by Gasteiger charge is -2.44. The monoisotopic (exact) mass is 473 g/mol. The maximum Gasteiger partial charge on any atom is 0.289 e. The number of carbonyl (C=O) groups excluding carboxylic acids is 3. The van der Waals surface area contributed by atoms with E-state index in [1.54, 1.807) is 46.2 Å². The van der Waals surface area contributed by atoms with Gasteiger partial charge in [-0.2, -0.15) is 0 Å². The van der Waals surface area contributed by atoms with Crippen LogP contribution in [-0.2, 0) is 9.53 Å². The van der Waals surface area contributed by atoms with Gasteiger partial charge in [-0.3, -0.25) is 19.3 Å². The molecule has 5 rings (SSSR count). The molecular formula is C27H27N3O5. The first-order valence-corrected chi connectivity index (χ1v) is 11.7. The van der Waals surface area contributed by atoms with Gasteiger partial charge in [-0.05, 0) is 43.3 Å². The molecule has 0 bridgehead atoms. The summed E-state index contributed by atoms with van der Waals surface area (Å²) < 4.78 is 11.5. The molecule has 0 saturated carbocycles. The molecule has 8 heteroatoms. The maximum atomic E-state index is 13.7. The minimum absolute atomic E-state index is 0.0857. The number of likely N-dealkylation sites (tertiary alicyclic amines) is 1. The number of ether oxygens (including phenoxy) is 1. The average Bonchev–Trinajstić information content (AvgIpc) is 3.55. The standard InChI is InChI=1S/C27H27N3O5/c1-19-9-11-21(12-10-19)28-24(31)22-18-35-27(30(22)25(32)20-6-3-2-4-7-20)13-15-29(16-14-27)26(33)23-8-5-17-34-23/h2-12,17,22H,13-16,18H2,1H3,(H,28,31)/t22-/m0/s1. The lowest BCUT2D eigenvalue weighted by atomic mass is 9.96. The van der Waals surface area contributed by atoms with Crippen LogP contribution in [-0.4, -0.2) is 59.0 Å². The van der Waals surface area contributed by atoms with E-state index in [4.69, 9.17) is 9.15 Å². The van der Waals surface area contributed by atoms with Crippen molar-refractivity contribution in [2.45, 2.75) is 31.5 Å². The summed E-state index contributed by atoms with van der Waals surface area (Å²) in [5.41, 5.74) is 1.26. The molecule has 1 aromatic heterocycles. The summed E-state index contributed by atoms with van der Waals surface area (Å²) in [6.45, 7) is 2.82. The summed E-state index contributed by atoms with van der Waals surface area (Å²) in [4.78, 5) is 43.1. The molecular weight excluding hydrogens is 446 g/mol. The molecule has 2 saturated heterocycles. The first-order chi connectivity index (χ1) is 17.0. The minimum Gasteiger partial charge on any atom is -0.459 e. The molecule has 0 radical (unpaired) electrons. The summed E-state index contributed by atoms with van der Waals surface area (Å²) in [6.07, 6.45) is 2.26. The number of piperidine rings is 1. The van der Waals surface area contributed by atoms with Gasteiger partial charge >= 0.3 is 0 Å². The largest absolute Gasteiger partial charge is 0.459 e. The van der Waals surface area contributed by atoms with Gasteiger partial charge in [0.15, 0.2) is 5.76 Å². The van der Waals surface area contributed by atoms with Crippen LogP contribution in [0.25, 0.3) is 0 Å². The van der Waals surface area contributed by atoms with Crippen molar-refractivity contribution >= 4 is 23.4 Å². The highest BCUT2D eigenvalue weighted by Crippen LogP contribution is 2.39. The van der Waals surface area contributed by atoms with Crippen LogP contribution in [0, 0.1) is 6.92 Å². The first-order valence-electron chi connectivity index (χ1n) is 11.7. The molecule has 0 aliphatic carbocycles. The highest BCUT2D eigenvalue weighted by molar-refractivity contribution is 6.02. The number of aryl methyl sites for hydroxylation is 1. The summed E-state index contributed by atoms with van der Waals surface area (Å²) in [5.74, 6) is -0.486. The Morgan fingerprint density at radius 2 is 1.63 bits per heavy atom. The summed E-state index contributed by atoms with van der Waals surface area (Å²) >= 11 is 0. The number of nitrogens with one attached hydrogen (secondary N) is 1. The smallest absolute Gasteiger partial charge is 0.289 e. The third-order valence-corrected chi connectivity index (χ3v) is 6.69. The van der Waals surface area contributed by atoms with Gasteiger partial charge in [0.05, 0.1) is 12.9 Å². The van der Waals surface area contributed by atoms with E-state index in [0.717, 1.165) is 5.56 Å². The molecule has 2 aromatic carbocycles. The second-order valence-corrected chi connectivity index (χ2v) is 8.94. The third kappa shape index (κ3) is 4.44. The highest BCUT2D eigenvalue weighted by atomic mass is 16.5. The molecule has 1 N–H and O–H groups in total. The molecule has 2 fully saturated rings. The highest BCUT2D eigenvalue weighted by Gasteiger charge is 2.54. The van der Waals surface area contributed by atoms with Crippen LogP contribution in [0.2, 0.25) is 0 Å². The number of amides is 3. The Kier molecular flexibility index (Phi) is 6.13. The van der Waals surface area contributed by atoms with Crippen molar-refractivity contribution in [3.05, 3.63) is 89.9 Å². The second-order valence-electron chi connectivity index (χ2n) is 8.94. The fourth-order valence-electron chi connectivity index (χ4n) is 4.76. The zero-order chi connectivity index (χ0) is 24.4. The van der Waals surface area contributed by atoms with Gasteiger partial charge in [0.25, 0.3) is 11.8 Å². The van der Waals surface area contributed by atoms with Crippen molar-refractivity contribution in [3.8, 4) is 0 Å². The van der Waals surface area contributed by atoms with Gasteiger partial charge in [0, 0.05) is 37.2 Å². The van der Waals surface area contributed by atoms with Crippen molar-refractivity contribution in [2.24, 2.45) is 0 Å². The fraction of sp³-hybridized carbons (Fsp3) is 0.296. The van der Waals surface area contributed by atoms with Crippen molar-refractivity contribution in [1.29, 1.82) is 0 Å². The van der Waals surface area contributed by atoms with E-state index in [9.17, 15) is 14.4 Å². The number of nitrogens with zero attached hydrogens (tertiary/aromatic N) is 2. The Balaban J connectivity index is 1.39. The second kappa shape index (κ2) is 9.38. The van der Waals surface area contributed by atoms with Gasteiger partial charge in [-0.25, -0.2) is 0 Å². The Bertz CT molecular complexity index is 1200. The van der Waals surface area contributed by atoms with Gasteiger partial charge in [0.1, 0.15) is 11.8 Å². The van der Waals surface area contributed by atoms with Crippen molar-refractivity contribution in [2.75, 3.05) is 25.0 Å². The Morgan fingerprint density at radius 1 is 0.914 bits per heavy atom. The maximum absolute atomic E-state index is 13.7. The van der Waals surface area contributed by atoms with E-state index in [2.05, 4.69) is 5.32 Å². The van der Waals surface area contributed by atoms with Crippen LogP contribution >= 0.6 is 0 Å². The van der Waals surface area contributed by atoms with Crippen LogP contribution in [0.15, 0.2) is 77.4 Å². The molecule has 180 valence electrons. The minimum atomic E-state index is -0.970. The molecule has 0 unspecified atom stereocenters. The van der Waals surface area contributed by atoms with Gasteiger partial charge in [0.2, 0.25) is 5.91 Å². The van der Waals surface area contributed by atoms with Crippen molar-refractivity contribution in [3.63, 3.8) is 0 Å². The quantitative estimate of drug-likeness (QED) is 0.624. The molecule has 1 spiro atoms. The Morgan fingerprint density at radius 3 is 2.29 bits per heavy atom. The number of carbonyl (C=O) groups is 3. The third-order valence-electron chi connectivity index (χ3n) is 6.69. The van der Waals surface area contributed by atoms with Crippen LogP contribution in [0.4, 0.5) is 5.69 Å². The van der Waals surface area contributed by atoms with Crippen molar-refractivity contribution < 1.29 is 23.5 Å². The number of hydrogen-bond donors (Lipinski definition) is 1. The molecule has 8 nitrogen and oxygen atoms in total. The molecule has 2 aliphatic rings. The predicted octanol–water partition coefficient (Wildman–Crippen LogP) is 3.70. The molecule has 1 atom stereocenters. The molecule has 3 heterocycles. The van der Waals surface area contributed by atoms with Crippen molar-refractivity contribution in [1.82, 2.24) is 9.80 Å². The lowest BCUT2D eigenvalue weighted by Crippen LogP contribution is -2.59. The van der Waals surface area contributed by atoms with E-state index in [1.807, 2.05) is 37.3 Å². The number of anilines is 1. The zero-order valence-electron chi connectivity index (χ0n) is 19.5. The van der Waals surface area contributed by atoms with Crippen LogP contribution < -0.4 is 5.32 Å². The number of hydrogen-bond acceptors (Lipinski definition) is 5. The predicted molar refractivity (Wildman–Crippen MR) is 129 cm³/mol. The Labute approximate surface area is 203 Å². The van der Waals surface area contributed by atoms with Crippen LogP contribution in [0.1, 0.15) is 39.3 Å². The normalized spacial score (nSPS) is 19.1. The van der Waals surface area contributed by atoms with Gasteiger partial charge in [-0.15, -0.1) is 0 Å². The number of furan rings is 1. The SMILES string of the molecule is Cc1ccc(NC(=O)[C@@H]2COC3(CCN(C(=O)c4ccco4)CC3)N2C(=O)c2ccccc2)cc1. The summed E-state index contributed by atoms with van der Waals surface area (Å²) in [5, 5.41) is 2.93. The molecule has 3 amide bonds. The molecule has 3 aromatic rings. The van der Waals surface area contributed by atoms with E-state index in [-0.39, 0.29) is 30.1 Å². The number of benzene rings is 2. The summed E-state index contributed by atoms with van der Waals surface area (Å²) in [6, 6.07) is 18.9. The first kappa shape index (κ1) is 22.9. The fourth-order valence-corrected chi connectivity index (χ4v) is 4.76. The summed E-state index contributed by atoms with van der Waals surface area (Å²) in [7, 11) is 0.